The van der Waals surface area contributed by atoms with Crippen LogP contribution in [-0.4, -0.2) is 54.1 Å². The Bertz CT molecular complexity index is 406. The van der Waals surface area contributed by atoms with E-state index in [9.17, 15) is 4.79 Å². The van der Waals surface area contributed by atoms with Crippen LogP contribution in [0, 0.1) is 6.92 Å². The summed E-state index contributed by atoms with van der Waals surface area (Å²) < 4.78 is 5.47. The normalized spacial score (nSPS) is 18.5. The van der Waals surface area contributed by atoms with Crippen LogP contribution in [0.2, 0.25) is 0 Å². The first-order valence-corrected chi connectivity index (χ1v) is 5.80. The fraction of sp³-hybridized carbons (Fsp3) is 0.583. The third-order valence-corrected chi connectivity index (χ3v) is 3.17. The number of furan rings is 1. The second-order valence-corrected chi connectivity index (χ2v) is 4.57. The number of nitrogens with zero attached hydrogens (tertiary/aromatic N) is 2. The molecule has 1 aliphatic rings. The smallest absolute Gasteiger partial charge is 0.339 e. The van der Waals surface area contributed by atoms with Gasteiger partial charge in [-0.15, -0.1) is 0 Å². The number of carbonyl (C=O) groups is 1. The van der Waals surface area contributed by atoms with E-state index in [0.29, 0.717) is 12.3 Å². The summed E-state index contributed by atoms with van der Waals surface area (Å²) in [5.74, 6) is 0.307. The highest BCUT2D eigenvalue weighted by Crippen LogP contribution is 2.17. The van der Waals surface area contributed by atoms with E-state index in [0.717, 1.165) is 31.9 Å². The molecule has 0 radical (unpaired) electrons. The Morgan fingerprint density at radius 2 is 2.06 bits per heavy atom. The van der Waals surface area contributed by atoms with Crippen LogP contribution in [0.4, 0.5) is 0 Å². The van der Waals surface area contributed by atoms with Crippen LogP contribution >= 0.6 is 0 Å². The molecule has 2 rings (SSSR count). The standard InChI is InChI=1S/C12H18N2O3/c1-9-11(12(15)16)7-10(17-9)8-14-5-3-13(2)4-6-14/h7H,3-6,8H2,1-2H3,(H,15,16). The van der Waals surface area contributed by atoms with Crippen molar-refractivity contribution in [3.63, 3.8) is 0 Å². The van der Waals surface area contributed by atoms with Gasteiger partial charge in [0.25, 0.3) is 0 Å². The maximum atomic E-state index is 10.9. The van der Waals surface area contributed by atoms with Crippen molar-refractivity contribution in [2.45, 2.75) is 13.5 Å². The lowest BCUT2D eigenvalue weighted by Crippen LogP contribution is -2.43. The zero-order valence-corrected chi connectivity index (χ0v) is 10.3. The minimum absolute atomic E-state index is 0.272. The van der Waals surface area contributed by atoms with Gasteiger partial charge in [-0.25, -0.2) is 4.79 Å². The van der Waals surface area contributed by atoms with Gasteiger partial charge in [0, 0.05) is 26.2 Å². The Morgan fingerprint density at radius 3 is 2.59 bits per heavy atom. The number of hydrogen-bond donors (Lipinski definition) is 1. The molecule has 0 aliphatic carbocycles. The molecule has 0 unspecified atom stereocenters. The van der Waals surface area contributed by atoms with E-state index < -0.39 is 5.97 Å². The second-order valence-electron chi connectivity index (χ2n) is 4.57. The first-order valence-electron chi connectivity index (χ1n) is 5.80. The van der Waals surface area contributed by atoms with Crippen molar-refractivity contribution >= 4 is 5.97 Å². The number of carboxylic acids is 1. The molecule has 94 valence electrons. The minimum Gasteiger partial charge on any atom is -0.478 e. The molecule has 5 heteroatoms. The number of aryl methyl sites for hydroxylation is 1. The summed E-state index contributed by atoms with van der Waals surface area (Å²) >= 11 is 0. The molecule has 0 aromatic carbocycles. The van der Waals surface area contributed by atoms with Crippen LogP contribution in [0.5, 0.6) is 0 Å². The Hall–Kier alpha value is -1.33. The Kier molecular flexibility index (Phi) is 3.49. The molecule has 0 bridgehead atoms. The molecule has 1 N–H and O–H groups in total. The molecular weight excluding hydrogens is 220 g/mol. The molecular formula is C12H18N2O3. The predicted octanol–water partition coefficient (Wildman–Crippen LogP) is 1.03. The third-order valence-electron chi connectivity index (χ3n) is 3.17. The Labute approximate surface area is 101 Å². The number of hydrogen-bond acceptors (Lipinski definition) is 4. The van der Waals surface area contributed by atoms with Gasteiger partial charge in [0.05, 0.1) is 6.54 Å². The highest BCUT2D eigenvalue weighted by atomic mass is 16.4. The van der Waals surface area contributed by atoms with Crippen molar-refractivity contribution in [2.75, 3.05) is 33.2 Å². The SMILES string of the molecule is Cc1oc(CN2CCN(C)CC2)cc1C(=O)O. The molecule has 5 nitrogen and oxygen atoms in total. The molecule has 0 amide bonds. The van der Waals surface area contributed by atoms with E-state index in [1.807, 2.05) is 0 Å². The lowest BCUT2D eigenvalue weighted by Gasteiger charge is -2.31. The van der Waals surface area contributed by atoms with Crippen molar-refractivity contribution in [2.24, 2.45) is 0 Å². The number of aromatic carboxylic acids is 1. The second kappa shape index (κ2) is 4.89. The molecule has 2 heterocycles. The number of piperazine rings is 1. The molecule has 0 spiro atoms. The molecule has 17 heavy (non-hydrogen) atoms. The van der Waals surface area contributed by atoms with E-state index in [1.54, 1.807) is 13.0 Å². The minimum atomic E-state index is -0.920. The van der Waals surface area contributed by atoms with Gasteiger partial charge >= 0.3 is 5.97 Å². The van der Waals surface area contributed by atoms with Gasteiger partial charge in [-0.2, -0.15) is 0 Å². The Balaban J connectivity index is 1.99. The van der Waals surface area contributed by atoms with Crippen LogP contribution in [-0.2, 0) is 6.54 Å². The number of likely N-dealkylation sites (N-methyl/N-ethyl adjacent to an activating group) is 1. The summed E-state index contributed by atoms with van der Waals surface area (Å²) in [6, 6.07) is 1.63. The van der Waals surface area contributed by atoms with Gasteiger partial charge in [-0.05, 0) is 20.0 Å². The summed E-state index contributed by atoms with van der Waals surface area (Å²) in [5, 5.41) is 8.94. The maximum Gasteiger partial charge on any atom is 0.339 e. The fourth-order valence-electron chi connectivity index (χ4n) is 2.06. The molecule has 1 aromatic heterocycles. The van der Waals surface area contributed by atoms with E-state index in [1.165, 1.54) is 0 Å². The van der Waals surface area contributed by atoms with Gasteiger partial charge < -0.3 is 14.4 Å². The van der Waals surface area contributed by atoms with Crippen LogP contribution < -0.4 is 0 Å². The van der Waals surface area contributed by atoms with Crippen LogP contribution in [0.25, 0.3) is 0 Å². The first-order chi connectivity index (χ1) is 8.06. The fourth-order valence-corrected chi connectivity index (χ4v) is 2.06. The average molecular weight is 238 g/mol. The quantitative estimate of drug-likeness (QED) is 0.852. The lowest BCUT2D eigenvalue weighted by molar-refractivity contribution is 0.0695. The summed E-state index contributed by atoms with van der Waals surface area (Å²) in [7, 11) is 2.11. The summed E-state index contributed by atoms with van der Waals surface area (Å²) in [6.45, 7) is 6.48. The van der Waals surface area contributed by atoms with Gasteiger partial charge in [0.2, 0.25) is 0 Å². The van der Waals surface area contributed by atoms with Crippen LogP contribution in [0.1, 0.15) is 21.9 Å². The zero-order chi connectivity index (χ0) is 12.4. The van der Waals surface area contributed by atoms with Gasteiger partial charge in [-0.3, -0.25) is 4.90 Å². The highest BCUT2D eigenvalue weighted by Gasteiger charge is 2.18. The van der Waals surface area contributed by atoms with E-state index in [4.69, 9.17) is 9.52 Å². The maximum absolute atomic E-state index is 10.9. The summed E-state index contributed by atoms with van der Waals surface area (Å²) in [4.78, 5) is 15.5. The van der Waals surface area contributed by atoms with Crippen molar-refractivity contribution in [1.29, 1.82) is 0 Å². The highest BCUT2D eigenvalue weighted by molar-refractivity contribution is 5.88. The van der Waals surface area contributed by atoms with Crippen LogP contribution in [0.3, 0.4) is 0 Å². The molecule has 1 saturated heterocycles. The molecule has 1 fully saturated rings. The summed E-state index contributed by atoms with van der Waals surface area (Å²) in [5.41, 5.74) is 0.272. The van der Waals surface area contributed by atoms with Gasteiger partial charge in [-0.1, -0.05) is 0 Å². The molecule has 1 aromatic rings. The van der Waals surface area contributed by atoms with E-state index in [2.05, 4.69) is 16.8 Å². The predicted molar refractivity (Wildman–Crippen MR) is 63.2 cm³/mol. The van der Waals surface area contributed by atoms with Gasteiger partial charge in [0.1, 0.15) is 17.1 Å². The third kappa shape index (κ3) is 2.87. The monoisotopic (exact) mass is 238 g/mol. The topological polar surface area (TPSA) is 56.9 Å². The number of carboxylic acid groups (broad SMARTS) is 1. The Morgan fingerprint density at radius 1 is 1.41 bits per heavy atom. The van der Waals surface area contributed by atoms with Crippen molar-refractivity contribution < 1.29 is 14.3 Å². The molecule has 0 atom stereocenters. The van der Waals surface area contributed by atoms with Crippen molar-refractivity contribution in [3.8, 4) is 0 Å². The molecule has 1 aliphatic heterocycles. The van der Waals surface area contributed by atoms with Gasteiger partial charge in [0.15, 0.2) is 0 Å². The number of rotatable bonds is 3. The summed E-state index contributed by atoms with van der Waals surface area (Å²) in [6.07, 6.45) is 0. The average Bonchev–Trinajstić information content (AvgIpc) is 2.63. The molecule has 0 saturated carbocycles. The lowest BCUT2D eigenvalue weighted by atomic mass is 10.2. The zero-order valence-electron chi connectivity index (χ0n) is 10.3. The van der Waals surface area contributed by atoms with Crippen molar-refractivity contribution in [3.05, 3.63) is 23.2 Å². The van der Waals surface area contributed by atoms with E-state index in [-0.39, 0.29) is 5.56 Å². The largest absolute Gasteiger partial charge is 0.478 e. The first kappa shape index (κ1) is 12.1. The van der Waals surface area contributed by atoms with Crippen LogP contribution in [0.15, 0.2) is 10.5 Å². The van der Waals surface area contributed by atoms with Crippen molar-refractivity contribution in [1.82, 2.24) is 9.80 Å². The van der Waals surface area contributed by atoms with E-state index >= 15 is 0 Å².